The van der Waals surface area contributed by atoms with E-state index in [4.69, 9.17) is 14.6 Å². The van der Waals surface area contributed by atoms with Crippen LogP contribution in [-0.4, -0.2) is 36.4 Å². The lowest BCUT2D eigenvalue weighted by atomic mass is 9.96. The van der Waals surface area contributed by atoms with Gasteiger partial charge in [0.1, 0.15) is 12.5 Å². The lowest BCUT2D eigenvalue weighted by molar-refractivity contribution is -0.147. The number of benzene rings is 1. The molecule has 0 saturated carbocycles. The molecule has 1 heterocycles. The van der Waals surface area contributed by atoms with E-state index in [1.54, 1.807) is 0 Å². The van der Waals surface area contributed by atoms with Crippen molar-refractivity contribution in [3.8, 4) is 0 Å². The Balaban J connectivity index is 1.82. The predicted molar refractivity (Wildman–Crippen MR) is 70.1 cm³/mol. The van der Waals surface area contributed by atoms with Crippen molar-refractivity contribution >= 4 is 12.1 Å². The molecule has 6 heteroatoms. The molecule has 1 aromatic carbocycles. The van der Waals surface area contributed by atoms with Crippen LogP contribution < -0.4 is 5.32 Å². The minimum absolute atomic E-state index is 0.110. The highest BCUT2D eigenvalue weighted by Crippen LogP contribution is 2.15. The standard InChI is InChI=1S/C14H17NO5/c16-13(17)11-9-19-7-6-12(11)15-14(18)20-8-10-4-2-1-3-5-10/h1-5,11-12H,6-9H2,(H,15,18)(H,16,17)/t11-,12+/m0/s1. The first-order valence-electron chi connectivity index (χ1n) is 6.44. The molecule has 2 atom stereocenters. The summed E-state index contributed by atoms with van der Waals surface area (Å²) < 4.78 is 10.2. The van der Waals surface area contributed by atoms with Gasteiger partial charge in [-0.1, -0.05) is 30.3 Å². The van der Waals surface area contributed by atoms with Crippen LogP contribution in [0.1, 0.15) is 12.0 Å². The van der Waals surface area contributed by atoms with Crippen molar-refractivity contribution < 1.29 is 24.2 Å². The molecule has 0 spiro atoms. The first kappa shape index (κ1) is 14.3. The minimum Gasteiger partial charge on any atom is -0.481 e. The van der Waals surface area contributed by atoms with E-state index in [1.165, 1.54) is 0 Å². The van der Waals surface area contributed by atoms with E-state index in [1.807, 2.05) is 30.3 Å². The number of carboxylic acids is 1. The van der Waals surface area contributed by atoms with Crippen LogP contribution in [0.15, 0.2) is 30.3 Å². The average Bonchev–Trinajstić information content (AvgIpc) is 2.46. The minimum atomic E-state index is -0.974. The molecule has 1 amide bonds. The SMILES string of the molecule is O=C(N[C@@H]1CCOC[C@@H]1C(=O)O)OCc1ccccc1. The number of aliphatic carboxylic acids is 1. The van der Waals surface area contributed by atoms with E-state index in [9.17, 15) is 9.59 Å². The molecule has 0 unspecified atom stereocenters. The third-order valence-corrected chi connectivity index (χ3v) is 3.19. The van der Waals surface area contributed by atoms with Crippen LogP contribution in [0, 0.1) is 5.92 Å². The molecule has 0 aromatic heterocycles. The van der Waals surface area contributed by atoms with Gasteiger partial charge in [0.15, 0.2) is 0 Å². The van der Waals surface area contributed by atoms with E-state index in [0.29, 0.717) is 13.0 Å². The summed E-state index contributed by atoms with van der Waals surface area (Å²) in [6.45, 7) is 0.708. The van der Waals surface area contributed by atoms with Crippen molar-refractivity contribution in [1.82, 2.24) is 5.32 Å². The highest BCUT2D eigenvalue weighted by molar-refractivity contribution is 5.73. The Morgan fingerprint density at radius 1 is 1.35 bits per heavy atom. The van der Waals surface area contributed by atoms with Crippen LogP contribution >= 0.6 is 0 Å². The van der Waals surface area contributed by atoms with E-state index in [0.717, 1.165) is 5.56 Å². The van der Waals surface area contributed by atoms with Crippen LogP contribution in [0.4, 0.5) is 4.79 Å². The van der Waals surface area contributed by atoms with Crippen molar-refractivity contribution in [3.05, 3.63) is 35.9 Å². The molecule has 6 nitrogen and oxygen atoms in total. The van der Waals surface area contributed by atoms with Gasteiger partial charge in [-0.15, -0.1) is 0 Å². The summed E-state index contributed by atoms with van der Waals surface area (Å²) >= 11 is 0. The van der Waals surface area contributed by atoms with E-state index >= 15 is 0 Å². The molecule has 1 fully saturated rings. The molecule has 0 aliphatic carbocycles. The Hall–Kier alpha value is -2.08. The second kappa shape index (κ2) is 6.91. The third-order valence-electron chi connectivity index (χ3n) is 3.19. The summed E-state index contributed by atoms with van der Waals surface area (Å²) in [7, 11) is 0. The van der Waals surface area contributed by atoms with Crippen LogP contribution in [0.5, 0.6) is 0 Å². The largest absolute Gasteiger partial charge is 0.481 e. The monoisotopic (exact) mass is 279 g/mol. The number of rotatable bonds is 4. The maximum Gasteiger partial charge on any atom is 0.407 e. The molecule has 0 radical (unpaired) electrons. The third kappa shape index (κ3) is 3.96. The Labute approximate surface area is 116 Å². The maximum absolute atomic E-state index is 11.7. The van der Waals surface area contributed by atoms with Crippen molar-refractivity contribution in [3.63, 3.8) is 0 Å². The molecule has 2 rings (SSSR count). The number of hydrogen-bond acceptors (Lipinski definition) is 4. The zero-order valence-corrected chi connectivity index (χ0v) is 11.0. The number of carboxylic acid groups (broad SMARTS) is 1. The Morgan fingerprint density at radius 2 is 2.10 bits per heavy atom. The number of alkyl carbamates (subject to hydrolysis) is 1. The van der Waals surface area contributed by atoms with Crippen molar-refractivity contribution in [2.45, 2.75) is 19.1 Å². The molecule has 2 N–H and O–H groups in total. The highest BCUT2D eigenvalue weighted by atomic mass is 16.5. The Bertz CT molecular complexity index is 462. The van der Waals surface area contributed by atoms with Gasteiger partial charge in [0.25, 0.3) is 0 Å². The fourth-order valence-electron chi connectivity index (χ4n) is 2.07. The number of hydrogen-bond donors (Lipinski definition) is 2. The summed E-state index contributed by atoms with van der Waals surface area (Å²) in [5.74, 6) is -1.70. The zero-order valence-electron chi connectivity index (χ0n) is 11.0. The second-order valence-electron chi connectivity index (χ2n) is 4.62. The average molecular weight is 279 g/mol. The van der Waals surface area contributed by atoms with Crippen LogP contribution in [-0.2, 0) is 20.9 Å². The first-order chi connectivity index (χ1) is 9.66. The molecule has 1 aliphatic heterocycles. The summed E-state index contributed by atoms with van der Waals surface area (Å²) in [5, 5.41) is 11.7. The van der Waals surface area contributed by atoms with Gasteiger partial charge in [0.05, 0.1) is 6.61 Å². The summed E-state index contributed by atoms with van der Waals surface area (Å²) in [6.07, 6.45) is -0.135. The molecular formula is C14H17NO5. The molecular weight excluding hydrogens is 262 g/mol. The van der Waals surface area contributed by atoms with E-state index in [2.05, 4.69) is 5.32 Å². The molecule has 1 aliphatic rings. The molecule has 20 heavy (non-hydrogen) atoms. The number of nitrogens with one attached hydrogen (secondary N) is 1. The first-order valence-corrected chi connectivity index (χ1v) is 6.44. The second-order valence-corrected chi connectivity index (χ2v) is 4.62. The fraction of sp³-hybridized carbons (Fsp3) is 0.429. The number of amides is 1. The number of carbonyl (C=O) groups excluding carboxylic acids is 1. The van der Waals surface area contributed by atoms with Gasteiger partial charge in [-0.25, -0.2) is 4.79 Å². The summed E-state index contributed by atoms with van der Waals surface area (Å²) in [6, 6.07) is 8.84. The topological polar surface area (TPSA) is 84.9 Å². The van der Waals surface area contributed by atoms with Crippen LogP contribution in [0.3, 0.4) is 0 Å². The maximum atomic E-state index is 11.7. The van der Waals surface area contributed by atoms with Gasteiger partial charge in [-0.05, 0) is 12.0 Å². The van der Waals surface area contributed by atoms with Crippen molar-refractivity contribution in [2.24, 2.45) is 5.92 Å². The summed E-state index contributed by atoms with van der Waals surface area (Å²) in [5.41, 5.74) is 0.879. The van der Waals surface area contributed by atoms with Gasteiger partial charge < -0.3 is 19.9 Å². The Kier molecular flexibility index (Phi) is 4.95. The predicted octanol–water partition coefficient (Wildman–Crippen LogP) is 1.40. The zero-order chi connectivity index (χ0) is 14.4. The van der Waals surface area contributed by atoms with Gasteiger partial charge in [-0.2, -0.15) is 0 Å². The van der Waals surface area contributed by atoms with E-state index in [-0.39, 0.29) is 13.2 Å². The normalized spacial score (nSPS) is 22.0. The lowest BCUT2D eigenvalue weighted by Crippen LogP contribution is -2.48. The number of ether oxygens (including phenoxy) is 2. The van der Waals surface area contributed by atoms with Gasteiger partial charge in [0.2, 0.25) is 0 Å². The fourth-order valence-corrected chi connectivity index (χ4v) is 2.07. The Morgan fingerprint density at radius 3 is 2.80 bits per heavy atom. The number of carbonyl (C=O) groups is 2. The smallest absolute Gasteiger partial charge is 0.407 e. The quantitative estimate of drug-likeness (QED) is 0.870. The highest BCUT2D eigenvalue weighted by Gasteiger charge is 2.32. The van der Waals surface area contributed by atoms with Gasteiger partial charge in [0, 0.05) is 12.6 Å². The van der Waals surface area contributed by atoms with Crippen LogP contribution in [0.2, 0.25) is 0 Å². The lowest BCUT2D eigenvalue weighted by Gasteiger charge is -2.28. The summed E-state index contributed by atoms with van der Waals surface area (Å²) in [4.78, 5) is 22.7. The molecule has 1 saturated heterocycles. The van der Waals surface area contributed by atoms with Crippen molar-refractivity contribution in [2.75, 3.05) is 13.2 Å². The van der Waals surface area contributed by atoms with E-state index < -0.39 is 24.0 Å². The van der Waals surface area contributed by atoms with Crippen molar-refractivity contribution in [1.29, 1.82) is 0 Å². The van der Waals surface area contributed by atoms with Gasteiger partial charge >= 0.3 is 12.1 Å². The van der Waals surface area contributed by atoms with Gasteiger partial charge in [-0.3, -0.25) is 4.79 Å². The molecule has 108 valence electrons. The molecule has 0 bridgehead atoms. The molecule has 1 aromatic rings. The van der Waals surface area contributed by atoms with Crippen LogP contribution in [0.25, 0.3) is 0 Å².